The predicted octanol–water partition coefficient (Wildman–Crippen LogP) is 4.88. The Morgan fingerprint density at radius 2 is 1.47 bits per heavy atom. The van der Waals surface area contributed by atoms with Crippen molar-refractivity contribution in [2.75, 3.05) is 26.2 Å². The fourth-order valence-electron chi connectivity index (χ4n) is 3.27. The van der Waals surface area contributed by atoms with E-state index in [4.69, 9.17) is 14.2 Å². The van der Waals surface area contributed by atoms with Gasteiger partial charge in [0.2, 0.25) is 5.91 Å². The first-order valence-corrected chi connectivity index (χ1v) is 9.84. The standard InChI is InChI=1S/C25H27NO4/c1-28-22-13-11-21(12-14-22)26(18-20-7-5-4-6-8-20)25(27)16-10-19-9-15-23(29-2)24(17-19)30-3/h4-9,11-15,17H,10,16,18H2,1-3H3. The summed E-state index contributed by atoms with van der Waals surface area (Å²) < 4.78 is 15.9. The van der Waals surface area contributed by atoms with E-state index in [1.165, 1.54) is 0 Å². The lowest BCUT2D eigenvalue weighted by molar-refractivity contribution is -0.118. The van der Waals surface area contributed by atoms with E-state index in [1.807, 2.05) is 77.7 Å². The summed E-state index contributed by atoms with van der Waals surface area (Å²) >= 11 is 0. The van der Waals surface area contributed by atoms with E-state index in [-0.39, 0.29) is 5.91 Å². The molecule has 0 unspecified atom stereocenters. The van der Waals surface area contributed by atoms with Gasteiger partial charge in [-0.1, -0.05) is 36.4 Å². The van der Waals surface area contributed by atoms with E-state index in [9.17, 15) is 4.79 Å². The minimum Gasteiger partial charge on any atom is -0.497 e. The minimum absolute atomic E-state index is 0.0544. The molecule has 0 saturated carbocycles. The third-order valence-corrected chi connectivity index (χ3v) is 4.94. The van der Waals surface area contributed by atoms with Crippen molar-refractivity contribution < 1.29 is 19.0 Å². The number of hydrogen-bond acceptors (Lipinski definition) is 4. The van der Waals surface area contributed by atoms with Gasteiger partial charge in [0.25, 0.3) is 0 Å². The number of nitrogens with zero attached hydrogens (tertiary/aromatic N) is 1. The smallest absolute Gasteiger partial charge is 0.227 e. The number of benzene rings is 3. The Hall–Kier alpha value is -3.47. The SMILES string of the molecule is COc1ccc(N(Cc2ccccc2)C(=O)CCc2ccc(OC)c(OC)c2)cc1. The molecular weight excluding hydrogens is 378 g/mol. The Kier molecular flexibility index (Phi) is 7.33. The van der Waals surface area contributed by atoms with Crippen molar-refractivity contribution in [1.82, 2.24) is 0 Å². The van der Waals surface area contributed by atoms with Crippen LogP contribution in [0.2, 0.25) is 0 Å². The van der Waals surface area contributed by atoms with Crippen molar-refractivity contribution in [3.63, 3.8) is 0 Å². The summed E-state index contributed by atoms with van der Waals surface area (Å²) in [6.45, 7) is 0.512. The maximum atomic E-state index is 13.2. The second-order valence-corrected chi connectivity index (χ2v) is 6.85. The van der Waals surface area contributed by atoms with Crippen LogP contribution in [0.5, 0.6) is 17.2 Å². The zero-order chi connectivity index (χ0) is 21.3. The fourth-order valence-corrected chi connectivity index (χ4v) is 3.27. The molecule has 3 aromatic rings. The first-order chi connectivity index (χ1) is 14.6. The van der Waals surface area contributed by atoms with Crippen molar-refractivity contribution >= 4 is 11.6 Å². The Labute approximate surface area is 177 Å². The third-order valence-electron chi connectivity index (χ3n) is 4.94. The van der Waals surface area contributed by atoms with Gasteiger partial charge >= 0.3 is 0 Å². The number of amides is 1. The summed E-state index contributed by atoms with van der Waals surface area (Å²) in [5.74, 6) is 2.16. The highest BCUT2D eigenvalue weighted by Crippen LogP contribution is 2.28. The Morgan fingerprint density at radius 3 is 2.10 bits per heavy atom. The van der Waals surface area contributed by atoms with Gasteiger partial charge in [0.05, 0.1) is 27.9 Å². The Morgan fingerprint density at radius 1 is 0.767 bits per heavy atom. The molecule has 0 fully saturated rings. The highest BCUT2D eigenvalue weighted by molar-refractivity contribution is 5.93. The number of carbonyl (C=O) groups is 1. The average Bonchev–Trinajstić information content (AvgIpc) is 2.81. The number of methoxy groups -OCH3 is 3. The van der Waals surface area contributed by atoms with E-state index in [2.05, 4.69) is 0 Å². The molecule has 5 heteroatoms. The van der Waals surface area contributed by atoms with Gasteiger partial charge in [0.15, 0.2) is 11.5 Å². The molecule has 0 N–H and O–H groups in total. The number of anilines is 1. The van der Waals surface area contributed by atoms with E-state index in [0.717, 1.165) is 22.6 Å². The molecule has 0 saturated heterocycles. The van der Waals surface area contributed by atoms with Gasteiger partial charge in [-0.05, 0) is 53.9 Å². The van der Waals surface area contributed by atoms with Crippen LogP contribution in [-0.4, -0.2) is 27.2 Å². The van der Waals surface area contributed by atoms with Crippen molar-refractivity contribution in [3.05, 3.63) is 83.9 Å². The largest absolute Gasteiger partial charge is 0.497 e. The van der Waals surface area contributed by atoms with Crippen LogP contribution in [0, 0.1) is 0 Å². The van der Waals surface area contributed by atoms with E-state index in [1.54, 1.807) is 21.3 Å². The second-order valence-electron chi connectivity index (χ2n) is 6.85. The van der Waals surface area contributed by atoms with Gasteiger partial charge < -0.3 is 19.1 Å². The molecule has 3 rings (SSSR count). The van der Waals surface area contributed by atoms with E-state index in [0.29, 0.717) is 30.9 Å². The van der Waals surface area contributed by atoms with Crippen LogP contribution < -0.4 is 19.1 Å². The number of ether oxygens (including phenoxy) is 3. The van der Waals surface area contributed by atoms with Crippen molar-refractivity contribution in [3.8, 4) is 17.2 Å². The summed E-state index contributed by atoms with van der Waals surface area (Å²) in [6, 6.07) is 23.3. The van der Waals surface area contributed by atoms with Gasteiger partial charge in [-0.15, -0.1) is 0 Å². The number of hydrogen-bond donors (Lipinski definition) is 0. The van der Waals surface area contributed by atoms with E-state index < -0.39 is 0 Å². The maximum Gasteiger partial charge on any atom is 0.227 e. The minimum atomic E-state index is 0.0544. The average molecular weight is 405 g/mol. The summed E-state index contributed by atoms with van der Waals surface area (Å²) in [4.78, 5) is 15.0. The predicted molar refractivity (Wildman–Crippen MR) is 118 cm³/mol. The molecule has 30 heavy (non-hydrogen) atoms. The molecule has 0 spiro atoms. The monoisotopic (exact) mass is 405 g/mol. The molecule has 3 aromatic carbocycles. The fraction of sp³-hybridized carbons (Fsp3) is 0.240. The quantitative estimate of drug-likeness (QED) is 0.509. The Balaban J connectivity index is 1.77. The van der Waals surface area contributed by atoms with Crippen LogP contribution in [0.15, 0.2) is 72.8 Å². The molecule has 0 aromatic heterocycles. The first kappa shape index (κ1) is 21.2. The van der Waals surface area contributed by atoms with Crippen molar-refractivity contribution in [1.29, 1.82) is 0 Å². The summed E-state index contributed by atoms with van der Waals surface area (Å²) in [7, 11) is 4.85. The molecule has 1 amide bonds. The molecule has 0 heterocycles. The van der Waals surface area contributed by atoms with Crippen LogP contribution >= 0.6 is 0 Å². The van der Waals surface area contributed by atoms with Crippen molar-refractivity contribution in [2.45, 2.75) is 19.4 Å². The number of rotatable bonds is 9. The molecule has 0 aliphatic heterocycles. The molecule has 0 bridgehead atoms. The molecule has 5 nitrogen and oxygen atoms in total. The van der Waals surface area contributed by atoms with Crippen LogP contribution in [-0.2, 0) is 17.8 Å². The molecule has 0 atom stereocenters. The molecular formula is C25H27NO4. The molecule has 0 aliphatic rings. The van der Waals surface area contributed by atoms with E-state index >= 15 is 0 Å². The lowest BCUT2D eigenvalue weighted by Gasteiger charge is -2.23. The summed E-state index contributed by atoms with van der Waals surface area (Å²) in [5, 5.41) is 0. The van der Waals surface area contributed by atoms with Gasteiger partial charge in [-0.25, -0.2) is 0 Å². The number of carbonyl (C=O) groups excluding carboxylic acids is 1. The first-order valence-electron chi connectivity index (χ1n) is 9.84. The zero-order valence-electron chi connectivity index (χ0n) is 17.6. The second kappa shape index (κ2) is 10.3. The van der Waals surface area contributed by atoms with Gasteiger partial charge in [0.1, 0.15) is 5.75 Å². The highest BCUT2D eigenvalue weighted by Gasteiger charge is 2.17. The van der Waals surface area contributed by atoms with Crippen LogP contribution in [0.25, 0.3) is 0 Å². The summed E-state index contributed by atoms with van der Waals surface area (Å²) in [5.41, 5.74) is 2.94. The molecule has 156 valence electrons. The van der Waals surface area contributed by atoms with Gasteiger partial charge in [0, 0.05) is 12.1 Å². The lowest BCUT2D eigenvalue weighted by Crippen LogP contribution is -2.30. The molecule has 0 radical (unpaired) electrons. The van der Waals surface area contributed by atoms with Gasteiger partial charge in [-0.3, -0.25) is 4.79 Å². The van der Waals surface area contributed by atoms with Crippen LogP contribution in [0.1, 0.15) is 17.5 Å². The zero-order valence-corrected chi connectivity index (χ0v) is 17.6. The van der Waals surface area contributed by atoms with Gasteiger partial charge in [-0.2, -0.15) is 0 Å². The highest BCUT2D eigenvalue weighted by atomic mass is 16.5. The number of aryl methyl sites for hydroxylation is 1. The normalized spacial score (nSPS) is 10.4. The maximum absolute atomic E-state index is 13.2. The van der Waals surface area contributed by atoms with Crippen molar-refractivity contribution in [2.24, 2.45) is 0 Å². The Bertz CT molecular complexity index is 955. The van der Waals surface area contributed by atoms with Crippen LogP contribution in [0.3, 0.4) is 0 Å². The lowest BCUT2D eigenvalue weighted by atomic mass is 10.1. The van der Waals surface area contributed by atoms with Crippen LogP contribution in [0.4, 0.5) is 5.69 Å². The topological polar surface area (TPSA) is 48.0 Å². The molecule has 0 aliphatic carbocycles. The third kappa shape index (κ3) is 5.32. The summed E-state index contributed by atoms with van der Waals surface area (Å²) in [6.07, 6.45) is 0.995.